The molecule has 2 fully saturated rings. The van der Waals surface area contributed by atoms with Crippen LogP contribution in [0.4, 0.5) is 10.5 Å². The van der Waals surface area contributed by atoms with Gasteiger partial charge in [-0.05, 0) is 31.0 Å². The molecule has 0 saturated carbocycles. The molecule has 0 aromatic heterocycles. The summed E-state index contributed by atoms with van der Waals surface area (Å²) in [5.74, 6) is 2.79. The van der Waals surface area contributed by atoms with Gasteiger partial charge in [0.2, 0.25) is 0 Å². The molecule has 1 spiro atoms. The normalized spacial score (nSPS) is 17.1. The van der Waals surface area contributed by atoms with E-state index in [1.54, 1.807) is 50.5 Å². The van der Waals surface area contributed by atoms with E-state index in [1.165, 1.54) is 0 Å². The van der Waals surface area contributed by atoms with Crippen molar-refractivity contribution in [2.75, 3.05) is 52.0 Å². The number of ether oxygens (including phenoxy) is 3. The molecule has 0 radical (unpaired) electrons. The Morgan fingerprint density at radius 2 is 1.58 bits per heavy atom. The Balaban J connectivity index is 1.42. The number of methoxy groups -OCH3 is 3. The number of benzene rings is 2. The molecule has 2 aromatic carbocycles. The molecule has 3 amide bonds. The van der Waals surface area contributed by atoms with Gasteiger partial charge in [0.15, 0.2) is 0 Å². The maximum absolute atomic E-state index is 13.3. The van der Waals surface area contributed by atoms with Crippen molar-refractivity contribution in [3.8, 4) is 17.2 Å². The van der Waals surface area contributed by atoms with Gasteiger partial charge in [-0.15, -0.1) is 11.8 Å². The third-order valence-corrected chi connectivity index (χ3v) is 7.73. The average Bonchev–Trinajstić information content (AvgIpc) is 3.26. The Bertz CT molecular complexity index is 1000. The molecule has 8 nitrogen and oxygen atoms in total. The van der Waals surface area contributed by atoms with Gasteiger partial charge in [0.05, 0.1) is 26.2 Å². The predicted molar refractivity (Wildman–Crippen MR) is 129 cm³/mol. The molecule has 1 N–H and O–H groups in total. The third kappa shape index (κ3) is 4.83. The number of hydrogen-bond donors (Lipinski definition) is 1. The van der Waals surface area contributed by atoms with Crippen LogP contribution in [0.2, 0.25) is 0 Å². The van der Waals surface area contributed by atoms with Gasteiger partial charge in [-0.25, -0.2) is 4.79 Å². The molecule has 0 unspecified atom stereocenters. The lowest BCUT2D eigenvalue weighted by Crippen LogP contribution is -2.54. The Kier molecular flexibility index (Phi) is 6.88. The van der Waals surface area contributed by atoms with Crippen LogP contribution in [0.3, 0.4) is 0 Å². The first-order valence-corrected chi connectivity index (χ1v) is 11.9. The number of urea groups is 1. The SMILES string of the molecule is COc1cc(NC(=O)N2CCC3(CC2)SCCN3C(=O)c2cccc(OC)c2)cc(OC)c1. The molecule has 9 heteroatoms. The average molecular weight is 472 g/mol. The van der Waals surface area contributed by atoms with Gasteiger partial charge in [0.25, 0.3) is 5.91 Å². The van der Waals surface area contributed by atoms with Crippen LogP contribution in [-0.2, 0) is 0 Å². The van der Waals surface area contributed by atoms with E-state index in [2.05, 4.69) is 5.32 Å². The topological polar surface area (TPSA) is 80.3 Å². The number of thioether (sulfide) groups is 1. The third-order valence-electron chi connectivity index (χ3n) is 6.17. The number of rotatable bonds is 5. The fourth-order valence-electron chi connectivity index (χ4n) is 4.36. The molecule has 0 atom stereocenters. The van der Waals surface area contributed by atoms with Crippen LogP contribution in [0.1, 0.15) is 23.2 Å². The minimum absolute atomic E-state index is 0.0141. The minimum atomic E-state index is -0.282. The molecule has 0 aliphatic carbocycles. The van der Waals surface area contributed by atoms with Crippen molar-refractivity contribution in [1.82, 2.24) is 9.80 Å². The Labute approximate surface area is 198 Å². The van der Waals surface area contributed by atoms with Gasteiger partial charge >= 0.3 is 6.03 Å². The van der Waals surface area contributed by atoms with Gasteiger partial charge in [0, 0.05) is 54.8 Å². The number of amides is 3. The fraction of sp³-hybridized carbons (Fsp3) is 0.417. The van der Waals surface area contributed by atoms with Crippen molar-refractivity contribution >= 4 is 29.4 Å². The summed E-state index contributed by atoms with van der Waals surface area (Å²) in [6.07, 6.45) is 1.45. The van der Waals surface area contributed by atoms with Gasteiger partial charge in [-0.1, -0.05) is 6.07 Å². The number of carbonyl (C=O) groups excluding carboxylic acids is 2. The molecule has 2 saturated heterocycles. The summed E-state index contributed by atoms with van der Waals surface area (Å²) in [6.45, 7) is 1.85. The van der Waals surface area contributed by atoms with Crippen molar-refractivity contribution in [1.29, 1.82) is 0 Å². The van der Waals surface area contributed by atoms with Gasteiger partial charge in [-0.2, -0.15) is 0 Å². The first kappa shape index (κ1) is 23.1. The molecule has 33 heavy (non-hydrogen) atoms. The summed E-state index contributed by atoms with van der Waals surface area (Å²) < 4.78 is 15.8. The number of anilines is 1. The predicted octanol–water partition coefficient (Wildman–Crippen LogP) is 3.93. The number of piperidine rings is 1. The maximum atomic E-state index is 13.3. The van der Waals surface area contributed by atoms with Crippen molar-refractivity contribution < 1.29 is 23.8 Å². The fourth-order valence-corrected chi connectivity index (χ4v) is 5.82. The first-order chi connectivity index (χ1) is 16.0. The lowest BCUT2D eigenvalue weighted by atomic mass is 10.0. The maximum Gasteiger partial charge on any atom is 0.321 e. The molecule has 2 aliphatic heterocycles. The van der Waals surface area contributed by atoms with Crippen LogP contribution >= 0.6 is 11.8 Å². The van der Waals surface area contributed by atoms with Crippen LogP contribution in [0, 0.1) is 0 Å². The molecule has 176 valence electrons. The second-order valence-electron chi connectivity index (χ2n) is 8.00. The largest absolute Gasteiger partial charge is 0.497 e. The highest BCUT2D eigenvalue weighted by molar-refractivity contribution is 8.00. The molecular formula is C24H29N3O5S. The van der Waals surface area contributed by atoms with Crippen LogP contribution in [0.15, 0.2) is 42.5 Å². The first-order valence-electron chi connectivity index (χ1n) is 10.9. The van der Waals surface area contributed by atoms with E-state index in [1.807, 2.05) is 34.9 Å². The lowest BCUT2D eigenvalue weighted by molar-refractivity contribution is 0.0585. The van der Waals surface area contributed by atoms with E-state index in [-0.39, 0.29) is 16.8 Å². The van der Waals surface area contributed by atoms with E-state index in [4.69, 9.17) is 14.2 Å². The van der Waals surface area contributed by atoms with Crippen molar-refractivity contribution in [2.45, 2.75) is 17.7 Å². The zero-order valence-electron chi connectivity index (χ0n) is 19.1. The number of likely N-dealkylation sites (tertiary alicyclic amines) is 1. The number of hydrogen-bond acceptors (Lipinski definition) is 6. The van der Waals surface area contributed by atoms with Crippen LogP contribution in [0.5, 0.6) is 17.2 Å². The second-order valence-corrected chi connectivity index (χ2v) is 9.46. The highest BCUT2D eigenvalue weighted by Crippen LogP contribution is 2.44. The molecular weight excluding hydrogens is 442 g/mol. The summed E-state index contributed by atoms with van der Waals surface area (Å²) in [7, 11) is 4.74. The van der Waals surface area contributed by atoms with Crippen molar-refractivity contribution in [3.05, 3.63) is 48.0 Å². The minimum Gasteiger partial charge on any atom is -0.497 e. The van der Waals surface area contributed by atoms with Gasteiger partial charge in [-0.3, -0.25) is 4.79 Å². The second kappa shape index (κ2) is 9.82. The van der Waals surface area contributed by atoms with E-state index in [0.717, 1.165) is 18.6 Å². The summed E-state index contributed by atoms with van der Waals surface area (Å²) >= 11 is 1.82. The standard InChI is InChI=1S/C24H29N3O5S/c1-30-19-6-4-5-17(13-19)22(28)27-11-12-33-24(27)7-9-26(10-8-24)23(29)25-18-14-20(31-2)16-21(15-18)32-3/h4-6,13-16H,7-12H2,1-3H3,(H,25,29). The Morgan fingerprint density at radius 1 is 0.909 bits per heavy atom. The quantitative estimate of drug-likeness (QED) is 0.712. The molecule has 2 aromatic rings. The summed E-state index contributed by atoms with van der Waals surface area (Å²) in [6, 6.07) is 12.4. The summed E-state index contributed by atoms with van der Waals surface area (Å²) in [5.41, 5.74) is 1.24. The highest BCUT2D eigenvalue weighted by atomic mass is 32.2. The summed E-state index contributed by atoms with van der Waals surface area (Å²) in [4.78, 5) is 29.7. The molecule has 2 aliphatic rings. The Hall–Kier alpha value is -3.07. The van der Waals surface area contributed by atoms with Crippen LogP contribution in [-0.4, -0.2) is 73.3 Å². The van der Waals surface area contributed by atoms with E-state index < -0.39 is 0 Å². The van der Waals surface area contributed by atoms with Gasteiger partial charge in [0.1, 0.15) is 17.2 Å². The number of nitrogens with one attached hydrogen (secondary N) is 1. The lowest BCUT2D eigenvalue weighted by Gasteiger charge is -2.44. The van der Waals surface area contributed by atoms with Crippen molar-refractivity contribution in [2.24, 2.45) is 0 Å². The van der Waals surface area contributed by atoms with Gasteiger partial charge < -0.3 is 29.3 Å². The van der Waals surface area contributed by atoms with E-state index >= 15 is 0 Å². The van der Waals surface area contributed by atoms with Crippen LogP contribution in [0.25, 0.3) is 0 Å². The monoisotopic (exact) mass is 471 g/mol. The number of carbonyl (C=O) groups is 2. The van der Waals surface area contributed by atoms with E-state index in [0.29, 0.717) is 48.1 Å². The molecule has 4 rings (SSSR count). The van der Waals surface area contributed by atoms with Crippen molar-refractivity contribution in [3.63, 3.8) is 0 Å². The number of nitrogens with zero attached hydrogens (tertiary/aromatic N) is 2. The van der Waals surface area contributed by atoms with E-state index in [9.17, 15) is 9.59 Å². The highest BCUT2D eigenvalue weighted by Gasteiger charge is 2.47. The molecule has 0 bridgehead atoms. The zero-order chi connectivity index (χ0) is 23.4. The molecule has 2 heterocycles. The Morgan fingerprint density at radius 3 is 2.21 bits per heavy atom. The zero-order valence-corrected chi connectivity index (χ0v) is 19.9. The smallest absolute Gasteiger partial charge is 0.321 e. The van der Waals surface area contributed by atoms with Crippen LogP contribution < -0.4 is 19.5 Å². The summed E-state index contributed by atoms with van der Waals surface area (Å²) in [5, 5.41) is 2.94.